The van der Waals surface area contributed by atoms with E-state index in [1.54, 1.807) is 6.20 Å². The van der Waals surface area contributed by atoms with Crippen LogP contribution in [0, 0.1) is 11.8 Å². The molecule has 0 spiro atoms. The van der Waals surface area contributed by atoms with Crippen molar-refractivity contribution < 1.29 is 4.79 Å². The molecule has 0 fully saturated rings. The van der Waals surface area contributed by atoms with Crippen LogP contribution in [0.5, 0.6) is 0 Å². The highest BCUT2D eigenvalue weighted by atomic mass is 16.1. The zero-order valence-corrected chi connectivity index (χ0v) is 13.6. The van der Waals surface area contributed by atoms with Gasteiger partial charge in [-0.05, 0) is 43.4 Å². The number of amides is 1. The summed E-state index contributed by atoms with van der Waals surface area (Å²) in [7, 11) is 3.87. The molecule has 0 radical (unpaired) electrons. The van der Waals surface area contributed by atoms with E-state index in [-0.39, 0.29) is 5.91 Å². The summed E-state index contributed by atoms with van der Waals surface area (Å²) in [5.41, 5.74) is 6.36. The van der Waals surface area contributed by atoms with Gasteiger partial charge >= 0.3 is 0 Å². The molecule has 5 heteroatoms. The number of carbonyl (C=O) groups is 1. The lowest BCUT2D eigenvalue weighted by Crippen LogP contribution is -2.18. The van der Waals surface area contributed by atoms with Crippen LogP contribution in [-0.2, 0) is 4.79 Å². The van der Waals surface area contributed by atoms with Gasteiger partial charge in [-0.2, -0.15) is 0 Å². The molecule has 0 aliphatic rings. The van der Waals surface area contributed by atoms with Crippen molar-refractivity contribution in [2.45, 2.75) is 33.1 Å². The first kappa shape index (κ1) is 17.4. The van der Waals surface area contributed by atoms with Crippen LogP contribution in [0.25, 0.3) is 0 Å². The van der Waals surface area contributed by atoms with E-state index in [4.69, 9.17) is 5.73 Å². The predicted octanol–water partition coefficient (Wildman–Crippen LogP) is 2.49. The summed E-state index contributed by atoms with van der Waals surface area (Å²) in [6.07, 6.45) is 4.07. The van der Waals surface area contributed by atoms with Gasteiger partial charge in [-0.15, -0.1) is 0 Å². The molecule has 0 saturated heterocycles. The molecule has 21 heavy (non-hydrogen) atoms. The Hall–Kier alpha value is -1.62. The van der Waals surface area contributed by atoms with Gasteiger partial charge in [0.05, 0.1) is 11.9 Å². The minimum Gasteiger partial charge on any atom is -0.363 e. The Balaban J connectivity index is 2.46. The van der Waals surface area contributed by atoms with Crippen LogP contribution in [0.1, 0.15) is 33.1 Å². The van der Waals surface area contributed by atoms with E-state index in [1.807, 2.05) is 31.1 Å². The molecule has 0 bridgehead atoms. The summed E-state index contributed by atoms with van der Waals surface area (Å²) in [4.78, 5) is 18.2. The lowest BCUT2D eigenvalue weighted by molar-refractivity contribution is -0.116. The molecular formula is C16H28N4O. The van der Waals surface area contributed by atoms with Crippen molar-refractivity contribution >= 4 is 17.4 Å². The second-order valence-electron chi connectivity index (χ2n) is 5.97. The molecule has 1 rings (SSSR count). The molecule has 0 aromatic carbocycles. The van der Waals surface area contributed by atoms with Crippen molar-refractivity contribution in [3.05, 3.63) is 18.3 Å². The molecule has 0 aliphatic heterocycles. The number of hydrogen-bond donors (Lipinski definition) is 2. The zero-order valence-electron chi connectivity index (χ0n) is 13.6. The van der Waals surface area contributed by atoms with E-state index >= 15 is 0 Å². The van der Waals surface area contributed by atoms with E-state index in [1.165, 1.54) is 0 Å². The summed E-state index contributed by atoms with van der Waals surface area (Å²) < 4.78 is 0. The number of hydrogen-bond acceptors (Lipinski definition) is 4. The number of nitrogens with two attached hydrogens (primary N) is 1. The first-order valence-electron chi connectivity index (χ1n) is 7.57. The largest absolute Gasteiger partial charge is 0.363 e. The number of rotatable bonds is 8. The smallest absolute Gasteiger partial charge is 0.224 e. The molecule has 1 amide bonds. The summed E-state index contributed by atoms with van der Waals surface area (Å²) in [5, 5.41) is 2.89. The Morgan fingerprint density at radius 1 is 1.33 bits per heavy atom. The van der Waals surface area contributed by atoms with Gasteiger partial charge in [-0.3, -0.25) is 4.79 Å². The minimum atomic E-state index is 0.0390. The fraction of sp³-hybridized carbons (Fsp3) is 0.625. The molecule has 0 saturated carbocycles. The fourth-order valence-corrected chi connectivity index (χ4v) is 2.29. The molecule has 1 aromatic heterocycles. The van der Waals surface area contributed by atoms with Gasteiger partial charge in [0.25, 0.3) is 0 Å². The molecule has 3 N–H and O–H groups in total. The summed E-state index contributed by atoms with van der Waals surface area (Å²) in [6, 6.07) is 3.76. The van der Waals surface area contributed by atoms with Crippen LogP contribution in [0.2, 0.25) is 0 Å². The second kappa shape index (κ2) is 8.62. The highest BCUT2D eigenvalue weighted by Crippen LogP contribution is 2.21. The van der Waals surface area contributed by atoms with Crippen LogP contribution in [-0.4, -0.2) is 31.5 Å². The average Bonchev–Trinajstić information content (AvgIpc) is 2.43. The van der Waals surface area contributed by atoms with Crippen molar-refractivity contribution in [1.82, 2.24) is 4.98 Å². The van der Waals surface area contributed by atoms with Gasteiger partial charge in [-0.25, -0.2) is 4.98 Å². The van der Waals surface area contributed by atoms with Gasteiger partial charge in [0, 0.05) is 20.5 Å². The first-order valence-corrected chi connectivity index (χ1v) is 7.57. The van der Waals surface area contributed by atoms with Gasteiger partial charge < -0.3 is 16.0 Å². The molecule has 1 atom stereocenters. The number of nitrogens with zero attached hydrogens (tertiary/aromatic N) is 2. The van der Waals surface area contributed by atoms with E-state index < -0.39 is 0 Å². The first-order chi connectivity index (χ1) is 9.93. The number of carbonyl (C=O) groups excluding carboxylic acids is 1. The third-order valence-corrected chi connectivity index (χ3v) is 3.71. The molecular weight excluding hydrogens is 264 g/mol. The van der Waals surface area contributed by atoms with Gasteiger partial charge in [0.1, 0.15) is 5.82 Å². The average molecular weight is 292 g/mol. The van der Waals surface area contributed by atoms with E-state index in [9.17, 15) is 4.79 Å². The lowest BCUT2D eigenvalue weighted by atomic mass is 9.88. The number of anilines is 2. The fourth-order valence-electron chi connectivity index (χ4n) is 2.29. The van der Waals surface area contributed by atoms with E-state index in [2.05, 4.69) is 24.1 Å². The molecule has 0 aliphatic carbocycles. The maximum absolute atomic E-state index is 12.0. The number of pyridine rings is 1. The summed E-state index contributed by atoms with van der Waals surface area (Å²) >= 11 is 0. The third kappa shape index (κ3) is 6.12. The minimum absolute atomic E-state index is 0.0390. The maximum atomic E-state index is 12.0. The summed E-state index contributed by atoms with van der Waals surface area (Å²) in [5.74, 6) is 1.98. The van der Waals surface area contributed by atoms with Gasteiger partial charge in [-0.1, -0.05) is 13.8 Å². The quantitative estimate of drug-likeness (QED) is 0.772. The standard InChI is InChI=1S/C16H28N4O/c1-12(2)13(9-10-17)5-8-16(21)19-14-6-7-15(18-11-14)20(3)4/h6-7,11-13H,5,8-10,17H2,1-4H3,(H,19,21). The normalized spacial score (nSPS) is 12.3. The van der Waals surface area contributed by atoms with Gasteiger partial charge in [0.2, 0.25) is 5.91 Å². The SMILES string of the molecule is CC(C)C(CCN)CCC(=O)Nc1ccc(N(C)C)nc1. The Bertz CT molecular complexity index is 428. The van der Waals surface area contributed by atoms with Crippen molar-refractivity contribution in [1.29, 1.82) is 0 Å². The van der Waals surface area contributed by atoms with Crippen molar-refractivity contribution in [2.24, 2.45) is 17.6 Å². The molecule has 1 heterocycles. The Labute approximate surface area is 127 Å². The Morgan fingerprint density at radius 3 is 2.52 bits per heavy atom. The zero-order chi connectivity index (χ0) is 15.8. The molecule has 1 unspecified atom stereocenters. The van der Waals surface area contributed by atoms with E-state index in [0.717, 1.165) is 24.3 Å². The van der Waals surface area contributed by atoms with Crippen molar-refractivity contribution in [3.8, 4) is 0 Å². The van der Waals surface area contributed by atoms with E-state index in [0.29, 0.717) is 24.8 Å². The topological polar surface area (TPSA) is 71.2 Å². The number of nitrogens with one attached hydrogen (secondary N) is 1. The van der Waals surface area contributed by atoms with Crippen LogP contribution < -0.4 is 16.0 Å². The van der Waals surface area contributed by atoms with Crippen LogP contribution in [0.15, 0.2) is 18.3 Å². The third-order valence-electron chi connectivity index (χ3n) is 3.71. The molecule has 118 valence electrons. The highest BCUT2D eigenvalue weighted by Gasteiger charge is 2.14. The Kier molecular flexibility index (Phi) is 7.15. The second-order valence-corrected chi connectivity index (χ2v) is 5.97. The summed E-state index contributed by atoms with van der Waals surface area (Å²) in [6.45, 7) is 5.05. The van der Waals surface area contributed by atoms with Crippen molar-refractivity contribution in [3.63, 3.8) is 0 Å². The monoisotopic (exact) mass is 292 g/mol. The molecule has 5 nitrogen and oxygen atoms in total. The van der Waals surface area contributed by atoms with Crippen molar-refractivity contribution in [2.75, 3.05) is 30.9 Å². The predicted molar refractivity (Wildman–Crippen MR) is 88.4 cm³/mol. The van der Waals surface area contributed by atoms with Gasteiger partial charge in [0.15, 0.2) is 0 Å². The highest BCUT2D eigenvalue weighted by molar-refractivity contribution is 5.90. The number of aromatic nitrogens is 1. The lowest BCUT2D eigenvalue weighted by Gasteiger charge is -2.19. The maximum Gasteiger partial charge on any atom is 0.224 e. The van der Waals surface area contributed by atoms with Crippen LogP contribution >= 0.6 is 0 Å². The Morgan fingerprint density at radius 2 is 2.05 bits per heavy atom. The van der Waals surface area contributed by atoms with Crippen LogP contribution in [0.3, 0.4) is 0 Å². The molecule has 1 aromatic rings. The van der Waals surface area contributed by atoms with Crippen LogP contribution in [0.4, 0.5) is 11.5 Å².